The summed E-state index contributed by atoms with van der Waals surface area (Å²) in [5.41, 5.74) is 1.82. The molecule has 0 unspecified atom stereocenters. The summed E-state index contributed by atoms with van der Waals surface area (Å²) in [6, 6.07) is 5.72. The zero-order valence-electron chi connectivity index (χ0n) is 7.96. The molecule has 0 saturated carbocycles. The fourth-order valence-corrected chi connectivity index (χ4v) is 1.51. The van der Waals surface area contributed by atoms with Crippen LogP contribution in [0.15, 0.2) is 18.2 Å². The lowest BCUT2D eigenvalue weighted by Gasteiger charge is -2.20. The molecule has 1 aliphatic heterocycles. The van der Waals surface area contributed by atoms with Gasteiger partial charge in [0.25, 0.3) is 5.91 Å². The summed E-state index contributed by atoms with van der Waals surface area (Å²) in [7, 11) is 1.88. The Bertz CT molecular complexity index is 363. The Morgan fingerprint density at radius 3 is 3.21 bits per heavy atom. The monoisotopic (exact) mass is 192 g/mol. The third kappa shape index (κ3) is 1.56. The molecule has 1 heterocycles. The average molecular weight is 192 g/mol. The highest BCUT2D eigenvalue weighted by atomic mass is 16.5. The van der Waals surface area contributed by atoms with E-state index in [1.54, 1.807) is 0 Å². The molecule has 4 heteroatoms. The molecule has 14 heavy (non-hydrogen) atoms. The third-order valence-electron chi connectivity index (χ3n) is 2.09. The van der Waals surface area contributed by atoms with Crippen LogP contribution in [0.1, 0.15) is 5.56 Å². The number of carbonyl (C=O) groups is 1. The van der Waals surface area contributed by atoms with Crippen LogP contribution in [0.2, 0.25) is 0 Å². The molecule has 1 aromatic rings. The summed E-state index contributed by atoms with van der Waals surface area (Å²) in [5, 5.41) is 5.82. The smallest absolute Gasteiger partial charge is 0.262 e. The number of hydrogen-bond donors (Lipinski definition) is 2. The maximum absolute atomic E-state index is 11.0. The molecule has 0 saturated heterocycles. The van der Waals surface area contributed by atoms with Crippen molar-refractivity contribution in [3.8, 4) is 5.75 Å². The molecule has 0 aromatic heterocycles. The molecule has 0 spiro atoms. The van der Waals surface area contributed by atoms with E-state index in [0.29, 0.717) is 0 Å². The number of benzene rings is 1. The lowest BCUT2D eigenvalue weighted by atomic mass is 10.1. The van der Waals surface area contributed by atoms with Crippen molar-refractivity contribution >= 4 is 11.6 Å². The quantitative estimate of drug-likeness (QED) is 0.726. The first-order valence-electron chi connectivity index (χ1n) is 4.50. The summed E-state index contributed by atoms with van der Waals surface area (Å²) in [6.07, 6.45) is 0. The van der Waals surface area contributed by atoms with Gasteiger partial charge in [0.1, 0.15) is 5.75 Å². The largest absolute Gasteiger partial charge is 0.481 e. The Labute approximate surface area is 82.3 Å². The Hall–Kier alpha value is -1.55. The normalized spacial score (nSPS) is 14.2. The Morgan fingerprint density at radius 2 is 2.43 bits per heavy atom. The maximum atomic E-state index is 11.0. The first-order chi connectivity index (χ1) is 6.81. The van der Waals surface area contributed by atoms with Gasteiger partial charge in [-0.1, -0.05) is 12.1 Å². The van der Waals surface area contributed by atoms with E-state index in [9.17, 15) is 4.79 Å². The molecule has 1 aliphatic rings. The fourth-order valence-electron chi connectivity index (χ4n) is 1.51. The van der Waals surface area contributed by atoms with Crippen molar-refractivity contribution in [1.29, 1.82) is 0 Å². The molecule has 0 atom stereocenters. The van der Waals surface area contributed by atoms with Gasteiger partial charge in [-0.2, -0.15) is 0 Å². The summed E-state index contributed by atoms with van der Waals surface area (Å²) in [4.78, 5) is 11.0. The molecule has 0 bridgehead atoms. The van der Waals surface area contributed by atoms with Crippen LogP contribution in [-0.2, 0) is 11.3 Å². The standard InChI is InChI=1S/C10H12N2O2/c1-11-5-7-3-2-4-8-10(7)14-6-9(13)12-8/h2-4,11H,5-6H2,1H3,(H,12,13). The summed E-state index contributed by atoms with van der Waals surface area (Å²) >= 11 is 0. The topological polar surface area (TPSA) is 50.4 Å². The maximum Gasteiger partial charge on any atom is 0.262 e. The molecule has 1 aromatic carbocycles. The molecule has 2 N–H and O–H groups in total. The van der Waals surface area contributed by atoms with Crippen LogP contribution in [0.25, 0.3) is 0 Å². The van der Waals surface area contributed by atoms with Crippen LogP contribution in [0.5, 0.6) is 5.75 Å². The van der Waals surface area contributed by atoms with E-state index in [1.807, 2.05) is 25.2 Å². The van der Waals surface area contributed by atoms with Gasteiger partial charge in [-0.25, -0.2) is 0 Å². The van der Waals surface area contributed by atoms with Crippen LogP contribution < -0.4 is 15.4 Å². The SMILES string of the molecule is CNCc1cccc2c1OCC(=O)N2. The Kier molecular flexibility index (Phi) is 2.37. The second-order valence-corrected chi connectivity index (χ2v) is 3.16. The van der Waals surface area contributed by atoms with Crippen LogP contribution in [-0.4, -0.2) is 19.6 Å². The fraction of sp³-hybridized carbons (Fsp3) is 0.300. The molecule has 4 nitrogen and oxygen atoms in total. The van der Waals surface area contributed by atoms with Crippen molar-refractivity contribution < 1.29 is 9.53 Å². The van der Waals surface area contributed by atoms with Gasteiger partial charge < -0.3 is 15.4 Å². The minimum atomic E-state index is -0.0980. The summed E-state index contributed by atoms with van der Waals surface area (Å²) < 4.78 is 5.37. The molecule has 0 aliphatic carbocycles. The number of rotatable bonds is 2. The number of hydrogen-bond acceptors (Lipinski definition) is 3. The van der Waals surface area contributed by atoms with Crippen molar-refractivity contribution in [3.63, 3.8) is 0 Å². The van der Waals surface area contributed by atoms with Gasteiger partial charge in [0.15, 0.2) is 6.61 Å². The second-order valence-electron chi connectivity index (χ2n) is 3.16. The number of ether oxygens (including phenoxy) is 1. The molecular weight excluding hydrogens is 180 g/mol. The van der Waals surface area contributed by atoms with E-state index in [4.69, 9.17) is 4.74 Å². The predicted octanol–water partition coefficient (Wildman–Crippen LogP) is 0.737. The zero-order valence-corrected chi connectivity index (χ0v) is 7.96. The molecule has 1 amide bonds. The van der Waals surface area contributed by atoms with Crippen molar-refractivity contribution in [2.24, 2.45) is 0 Å². The summed E-state index contributed by atoms with van der Waals surface area (Å²) in [5.74, 6) is 0.681. The Morgan fingerprint density at radius 1 is 1.57 bits per heavy atom. The lowest BCUT2D eigenvalue weighted by Crippen LogP contribution is -2.26. The average Bonchev–Trinajstić information content (AvgIpc) is 2.18. The number of amides is 1. The molecule has 2 rings (SSSR count). The first-order valence-corrected chi connectivity index (χ1v) is 4.50. The highest BCUT2D eigenvalue weighted by Gasteiger charge is 2.17. The third-order valence-corrected chi connectivity index (χ3v) is 2.09. The van der Waals surface area contributed by atoms with E-state index < -0.39 is 0 Å². The van der Waals surface area contributed by atoms with E-state index >= 15 is 0 Å². The minimum absolute atomic E-state index is 0.0980. The van der Waals surface area contributed by atoms with Crippen LogP contribution in [0.3, 0.4) is 0 Å². The number of para-hydroxylation sites is 1. The van der Waals surface area contributed by atoms with E-state index in [1.165, 1.54) is 0 Å². The van der Waals surface area contributed by atoms with Crippen molar-refractivity contribution in [3.05, 3.63) is 23.8 Å². The minimum Gasteiger partial charge on any atom is -0.481 e. The van der Waals surface area contributed by atoms with Gasteiger partial charge in [0.2, 0.25) is 0 Å². The van der Waals surface area contributed by atoms with Crippen LogP contribution in [0.4, 0.5) is 5.69 Å². The molecule has 0 radical (unpaired) electrons. The van der Waals surface area contributed by atoms with E-state index in [0.717, 1.165) is 23.5 Å². The van der Waals surface area contributed by atoms with Gasteiger partial charge in [-0.05, 0) is 13.1 Å². The second kappa shape index (κ2) is 3.67. The molecular formula is C10H12N2O2. The van der Waals surface area contributed by atoms with E-state index in [-0.39, 0.29) is 12.5 Å². The van der Waals surface area contributed by atoms with Gasteiger partial charge in [-0.3, -0.25) is 4.79 Å². The van der Waals surface area contributed by atoms with Crippen LogP contribution >= 0.6 is 0 Å². The molecule has 74 valence electrons. The van der Waals surface area contributed by atoms with Crippen molar-refractivity contribution in [1.82, 2.24) is 5.32 Å². The van der Waals surface area contributed by atoms with Crippen LogP contribution in [0, 0.1) is 0 Å². The van der Waals surface area contributed by atoms with Gasteiger partial charge in [0.05, 0.1) is 5.69 Å². The number of nitrogens with one attached hydrogen (secondary N) is 2. The predicted molar refractivity (Wildman–Crippen MR) is 53.3 cm³/mol. The summed E-state index contributed by atoms with van der Waals surface area (Å²) in [6.45, 7) is 0.840. The van der Waals surface area contributed by atoms with Crippen molar-refractivity contribution in [2.45, 2.75) is 6.54 Å². The zero-order chi connectivity index (χ0) is 9.97. The number of fused-ring (bicyclic) bond motifs is 1. The highest BCUT2D eigenvalue weighted by Crippen LogP contribution is 2.31. The lowest BCUT2D eigenvalue weighted by molar-refractivity contribution is -0.118. The van der Waals surface area contributed by atoms with Gasteiger partial charge in [0, 0.05) is 12.1 Å². The number of anilines is 1. The number of carbonyl (C=O) groups excluding carboxylic acids is 1. The van der Waals surface area contributed by atoms with Crippen molar-refractivity contribution in [2.75, 3.05) is 19.0 Å². The Balaban J connectivity index is 2.36. The van der Waals surface area contributed by atoms with Gasteiger partial charge in [-0.15, -0.1) is 0 Å². The van der Waals surface area contributed by atoms with Gasteiger partial charge >= 0.3 is 0 Å². The molecule has 0 fully saturated rings. The first kappa shape index (κ1) is 9.02. The highest BCUT2D eigenvalue weighted by molar-refractivity contribution is 5.95. The van der Waals surface area contributed by atoms with E-state index in [2.05, 4.69) is 10.6 Å².